The van der Waals surface area contributed by atoms with Crippen LogP contribution in [0.4, 0.5) is 0 Å². The van der Waals surface area contributed by atoms with Crippen LogP contribution >= 0.6 is 68.1 Å². The maximum atomic E-state index is 9.24. The Hall–Kier alpha value is 3.13. The molecule has 0 unspecified atom stereocenters. The number of carboxylic acids is 1. The van der Waals surface area contributed by atoms with Crippen molar-refractivity contribution >= 4 is 91.4 Å². The first-order valence-electron chi connectivity index (χ1n) is 2.70. The fraction of sp³-hybridized carbons (Fsp3) is 0.500. The summed E-state index contributed by atoms with van der Waals surface area (Å²) < 4.78 is 0. The number of nitrogens with two attached hydrogens (primary N) is 1. The minimum atomic E-state index is -7.61. The van der Waals surface area contributed by atoms with Gasteiger partial charge in [-0.3, -0.25) is 4.79 Å². The van der Waals surface area contributed by atoms with Gasteiger partial charge < -0.3 is 16.3 Å². The Morgan fingerprint density at radius 2 is 1.06 bits per heavy atom. The predicted octanol–water partition coefficient (Wildman–Crippen LogP) is 2.53. The zero-order valence-electron chi connectivity index (χ0n) is 6.66. The Bertz CT molecular complexity index is 254. The van der Waals surface area contributed by atoms with E-state index in [-0.39, 0.29) is 29.4 Å². The number of hydrogen-bond acceptors (Lipinski definition) is 2. The quantitative estimate of drug-likeness (QED) is 0.545. The van der Waals surface area contributed by atoms with Gasteiger partial charge in [-0.05, 0) is 0 Å². The van der Waals surface area contributed by atoms with Crippen molar-refractivity contribution in [2.24, 2.45) is 5.73 Å². The second kappa shape index (κ2) is 4.31. The molecule has 0 aliphatic carbocycles. The van der Waals surface area contributed by atoms with E-state index < -0.39 is 10.8 Å². The van der Waals surface area contributed by atoms with E-state index in [1.54, 1.807) is 0 Å². The first-order valence-corrected chi connectivity index (χ1v) is 28.0. The van der Waals surface area contributed by atoms with Gasteiger partial charge in [0.2, 0.25) is 0 Å². The van der Waals surface area contributed by atoms with E-state index >= 15 is 0 Å². The van der Waals surface area contributed by atoms with Gasteiger partial charge in [0.25, 0.3) is 0 Å². The van der Waals surface area contributed by atoms with Crippen molar-refractivity contribution in [3.8, 4) is 0 Å². The molecule has 5 N–H and O–H groups in total. The summed E-state index contributed by atoms with van der Waals surface area (Å²) in [6.07, 6.45) is 0. The van der Waals surface area contributed by atoms with Crippen LogP contribution in [0.1, 0.15) is 0 Å². The van der Waals surface area contributed by atoms with Gasteiger partial charge in [-0.15, -0.1) is 0 Å². The second-order valence-electron chi connectivity index (χ2n) is 2.60. The van der Waals surface area contributed by atoms with Crippen molar-refractivity contribution in [3.63, 3.8) is 0 Å². The third-order valence-electron chi connectivity index (χ3n) is 0.175. The molecule has 0 rings (SSSR count). The van der Waals surface area contributed by atoms with Crippen LogP contribution in [0.5, 0.6) is 0 Å². The van der Waals surface area contributed by atoms with Crippen LogP contribution in [0.25, 0.3) is 0 Å². The van der Waals surface area contributed by atoms with E-state index in [1.807, 2.05) is 0 Å². The van der Waals surface area contributed by atoms with Gasteiger partial charge in [0, 0.05) is 0 Å². The molecular weight excluding hydrogens is 488 g/mol. The van der Waals surface area contributed by atoms with Crippen molar-refractivity contribution in [2.75, 3.05) is 6.54 Å². The molecule has 0 aromatic heterocycles. The summed E-state index contributed by atoms with van der Waals surface area (Å²) in [4.78, 5) is 1.64. The monoisotopic (exact) mass is 493 g/mol. The van der Waals surface area contributed by atoms with Crippen molar-refractivity contribution in [3.05, 3.63) is 0 Å². The summed E-state index contributed by atoms with van der Waals surface area (Å²) >= 11 is 0. The van der Waals surface area contributed by atoms with E-state index in [9.17, 15) is 4.79 Å². The average Bonchev–Trinajstić information content (AvgIpc) is 1.53. The Morgan fingerprint density at radius 1 is 1.00 bits per heavy atom. The van der Waals surface area contributed by atoms with E-state index in [1.165, 1.54) is 0 Å². The molecule has 0 spiro atoms. The van der Waals surface area contributed by atoms with Gasteiger partial charge >= 0.3 is 78.9 Å². The van der Waals surface area contributed by atoms with Crippen LogP contribution in [-0.4, -0.2) is 40.5 Å². The number of halogens is 8. The molecule has 0 aliphatic rings. The normalized spacial score (nSPS) is 19.8. The van der Waals surface area contributed by atoms with E-state index in [4.69, 9.17) is 73.2 Å². The Morgan fingerprint density at radius 3 is 1.06 bits per heavy atom. The van der Waals surface area contributed by atoms with E-state index in [0.717, 1.165) is 0 Å². The fourth-order valence-corrected chi connectivity index (χ4v) is 0. The molecule has 0 saturated carbocycles. The van der Waals surface area contributed by atoms with Gasteiger partial charge in [-0.2, -0.15) is 0 Å². The fourth-order valence-electron chi connectivity index (χ4n) is 0. The first-order chi connectivity index (χ1) is 5.10. The van der Waals surface area contributed by atoms with Crippen LogP contribution in [-0.2, 0) is 9.58 Å². The molecule has 0 aromatic rings. The molecule has 0 radical (unpaired) electrons. The Kier molecular flexibility index (Phi) is 7.40. The number of aliphatic carboxylic acids is 1. The summed E-state index contributed by atoms with van der Waals surface area (Å²) in [5, 5.41) is 7.60. The molecule has 16 heavy (non-hydrogen) atoms. The van der Waals surface area contributed by atoms with E-state index in [2.05, 4.69) is 5.73 Å². The second-order valence-corrected chi connectivity index (χ2v) is 107. The molecule has 0 fully saturated rings. The van der Waals surface area contributed by atoms with Crippen molar-refractivity contribution in [2.45, 2.75) is 0 Å². The number of carbonyl (C=O) groups is 1. The maximum absolute atomic E-state index is 9.24. The summed E-state index contributed by atoms with van der Waals surface area (Å²) in [6, 6.07) is 0. The summed E-state index contributed by atoms with van der Waals surface area (Å²) in [7, 11) is 40.7. The van der Waals surface area contributed by atoms with Crippen LogP contribution in [0.15, 0.2) is 0 Å². The van der Waals surface area contributed by atoms with Crippen LogP contribution < -0.4 is 5.73 Å². The SMILES string of the molecule is NCC(=O)O.O.[AlH3].[Cl][Zr]([Cl])([Cl])([Cl])([Cl])([Cl])([Cl])[Cl]. The third kappa shape index (κ3) is 170. The van der Waals surface area contributed by atoms with Gasteiger partial charge in [0.05, 0.1) is 6.54 Å². The summed E-state index contributed by atoms with van der Waals surface area (Å²) in [6.45, 7) is -0.278. The molecule has 0 saturated heterocycles. The first kappa shape index (κ1) is 27.5. The van der Waals surface area contributed by atoms with Gasteiger partial charge in [0.1, 0.15) is 0 Å². The van der Waals surface area contributed by atoms with Crippen LogP contribution in [0.2, 0.25) is 0 Å². The minimum absolute atomic E-state index is 0. The molecule has 0 atom stereocenters. The third-order valence-corrected chi connectivity index (χ3v) is 0.175. The van der Waals surface area contributed by atoms with Crippen molar-refractivity contribution in [1.82, 2.24) is 0 Å². The number of carboxylic acid groups (broad SMARTS) is 1. The molecule has 14 heteroatoms. The standard InChI is InChI=1S/C2H5NO2.Al.8ClH.H2O.Zr.3H/c3-1-2(4)5;;;;;;;;;;;;;;/h1,3H2,(H,4,5);;8*1H;1H2;;;;/q;;;;;;;;;;;+8;;;/p-8. The Labute approximate surface area is 122 Å². The molecule has 0 bridgehead atoms. The number of rotatable bonds is 1. The zero-order chi connectivity index (χ0) is 12.6. The topological polar surface area (TPSA) is 94.8 Å². The molecule has 4 nitrogen and oxygen atoms in total. The molecule has 104 valence electrons. The molecular formula is C2H10AlCl8NO3Zr. The molecule has 0 amide bonds. The molecule has 0 aliphatic heterocycles. The average molecular weight is 498 g/mol. The Balaban J connectivity index is -0.0000000904. The zero-order valence-corrected chi connectivity index (χ0v) is 15.2. The van der Waals surface area contributed by atoms with Crippen molar-refractivity contribution < 1.29 is 20.2 Å². The summed E-state index contributed by atoms with van der Waals surface area (Å²) in [5.74, 6) is -0.968. The predicted molar refractivity (Wildman–Crippen MR) is 77.1 cm³/mol. The summed E-state index contributed by atoms with van der Waals surface area (Å²) in [5.41, 5.74) is 4.57. The van der Waals surface area contributed by atoms with Gasteiger partial charge in [-0.1, -0.05) is 0 Å². The molecule has 0 aromatic carbocycles. The van der Waals surface area contributed by atoms with Crippen LogP contribution in [0, 0.1) is 0 Å². The molecule has 0 heterocycles. The number of hydrogen-bond donors (Lipinski definition) is 2. The van der Waals surface area contributed by atoms with Crippen molar-refractivity contribution in [1.29, 1.82) is 0 Å². The van der Waals surface area contributed by atoms with E-state index in [0.29, 0.717) is 0 Å². The van der Waals surface area contributed by atoms with Crippen LogP contribution in [0.3, 0.4) is 0 Å². The van der Waals surface area contributed by atoms with Gasteiger partial charge in [0.15, 0.2) is 17.4 Å². The van der Waals surface area contributed by atoms with Gasteiger partial charge in [-0.25, -0.2) is 0 Å².